The number of methoxy groups -OCH3 is 2. The molecule has 2 aromatic carbocycles. The zero-order valence-electron chi connectivity index (χ0n) is 23.6. The van der Waals surface area contributed by atoms with E-state index in [2.05, 4.69) is 45.0 Å². The predicted molar refractivity (Wildman–Crippen MR) is 150 cm³/mol. The molecule has 0 aliphatic carbocycles. The van der Waals surface area contributed by atoms with Crippen LogP contribution < -0.4 is 10.4 Å². The van der Waals surface area contributed by atoms with Crippen molar-refractivity contribution < 1.29 is 33.0 Å². The SMILES string of the molecule is COC(=O)C(C)(C(=O)OC)[C@H](/C=C/CO[Si](c1ccccc1)(c1ccccc1)C(C)(C)C)OC(=O)C(C)C. The number of hydrogen-bond acceptors (Lipinski definition) is 7. The van der Waals surface area contributed by atoms with Crippen LogP contribution in [0.25, 0.3) is 0 Å². The average molecular weight is 541 g/mol. The Bertz CT molecular complexity index is 1050. The van der Waals surface area contributed by atoms with Crippen molar-refractivity contribution in [3.8, 4) is 0 Å². The number of carbonyl (C=O) groups is 3. The molecule has 0 radical (unpaired) electrons. The predicted octanol–water partition coefficient (Wildman–Crippen LogP) is 4.04. The Kier molecular flexibility index (Phi) is 10.6. The molecule has 8 heteroatoms. The molecule has 0 N–H and O–H groups in total. The maximum absolute atomic E-state index is 12.7. The summed E-state index contributed by atoms with van der Waals surface area (Å²) in [7, 11) is -0.482. The number of benzene rings is 2. The van der Waals surface area contributed by atoms with Crippen molar-refractivity contribution in [2.75, 3.05) is 20.8 Å². The van der Waals surface area contributed by atoms with Crippen LogP contribution in [0.4, 0.5) is 0 Å². The quantitative estimate of drug-likeness (QED) is 0.140. The molecule has 0 spiro atoms. The maximum atomic E-state index is 12.7. The van der Waals surface area contributed by atoms with Gasteiger partial charge in [0.15, 0.2) is 0 Å². The van der Waals surface area contributed by atoms with Crippen molar-refractivity contribution in [1.82, 2.24) is 0 Å². The van der Waals surface area contributed by atoms with Crippen LogP contribution >= 0.6 is 0 Å². The first-order valence-electron chi connectivity index (χ1n) is 12.6. The minimum atomic E-state index is -2.82. The third-order valence-corrected chi connectivity index (χ3v) is 11.6. The lowest BCUT2D eigenvalue weighted by Gasteiger charge is -2.42. The summed E-state index contributed by atoms with van der Waals surface area (Å²) in [4.78, 5) is 38.0. The van der Waals surface area contributed by atoms with E-state index >= 15 is 0 Å². The molecule has 0 bridgehead atoms. The molecule has 206 valence electrons. The van der Waals surface area contributed by atoms with E-state index in [0.29, 0.717) is 0 Å². The van der Waals surface area contributed by atoms with E-state index in [-0.39, 0.29) is 11.6 Å². The molecule has 38 heavy (non-hydrogen) atoms. The van der Waals surface area contributed by atoms with Crippen molar-refractivity contribution in [3.63, 3.8) is 0 Å². The first-order chi connectivity index (χ1) is 17.9. The second kappa shape index (κ2) is 13.0. The second-order valence-corrected chi connectivity index (χ2v) is 14.9. The molecule has 0 unspecified atom stereocenters. The minimum absolute atomic E-state index is 0.154. The summed E-state index contributed by atoms with van der Waals surface area (Å²) in [5.41, 5.74) is -1.90. The van der Waals surface area contributed by atoms with Gasteiger partial charge in [-0.1, -0.05) is 101 Å². The van der Waals surface area contributed by atoms with Gasteiger partial charge in [-0.2, -0.15) is 0 Å². The van der Waals surface area contributed by atoms with Gasteiger partial charge < -0.3 is 18.6 Å². The Hall–Kier alpha value is -3.23. The van der Waals surface area contributed by atoms with Crippen LogP contribution in [0.1, 0.15) is 41.5 Å². The number of carbonyl (C=O) groups excluding carboxylic acids is 3. The third kappa shape index (κ3) is 6.42. The summed E-state index contributed by atoms with van der Waals surface area (Å²) in [6.07, 6.45) is 1.92. The molecule has 0 heterocycles. The molecular weight excluding hydrogens is 500 g/mol. The van der Waals surface area contributed by atoms with Crippen LogP contribution in [-0.2, 0) is 33.0 Å². The topological polar surface area (TPSA) is 88.1 Å². The fourth-order valence-corrected chi connectivity index (χ4v) is 8.97. The highest BCUT2D eigenvalue weighted by Gasteiger charge is 2.53. The summed E-state index contributed by atoms with van der Waals surface area (Å²) in [5, 5.41) is 1.99. The van der Waals surface area contributed by atoms with Gasteiger partial charge in [0.1, 0.15) is 6.10 Å². The van der Waals surface area contributed by atoms with Crippen LogP contribution in [0.15, 0.2) is 72.8 Å². The fraction of sp³-hybridized carbons (Fsp3) is 0.433. The Morgan fingerprint density at radius 1 is 0.816 bits per heavy atom. The molecule has 0 aliphatic heterocycles. The molecule has 0 amide bonds. The molecule has 0 saturated heterocycles. The number of ether oxygens (including phenoxy) is 3. The van der Waals surface area contributed by atoms with Gasteiger partial charge >= 0.3 is 17.9 Å². The summed E-state index contributed by atoms with van der Waals surface area (Å²) in [6.45, 7) is 11.3. The van der Waals surface area contributed by atoms with Gasteiger partial charge in [0.2, 0.25) is 5.41 Å². The Morgan fingerprint density at radius 3 is 1.63 bits per heavy atom. The highest BCUT2D eigenvalue weighted by atomic mass is 28.4. The second-order valence-electron chi connectivity index (χ2n) is 10.6. The van der Waals surface area contributed by atoms with Crippen molar-refractivity contribution in [2.24, 2.45) is 11.3 Å². The van der Waals surface area contributed by atoms with Crippen molar-refractivity contribution >= 4 is 36.6 Å². The first kappa shape index (κ1) is 31.0. The average Bonchev–Trinajstić information content (AvgIpc) is 2.91. The molecule has 2 rings (SSSR count). The number of esters is 3. The zero-order valence-corrected chi connectivity index (χ0v) is 24.6. The van der Waals surface area contributed by atoms with E-state index in [0.717, 1.165) is 10.4 Å². The van der Waals surface area contributed by atoms with Crippen molar-refractivity contribution in [1.29, 1.82) is 0 Å². The van der Waals surface area contributed by atoms with Crippen molar-refractivity contribution in [2.45, 2.75) is 52.7 Å². The van der Waals surface area contributed by atoms with Gasteiger partial charge in [0.25, 0.3) is 8.32 Å². The van der Waals surface area contributed by atoms with Gasteiger partial charge in [-0.3, -0.25) is 14.4 Å². The van der Waals surface area contributed by atoms with E-state index in [9.17, 15) is 14.4 Å². The maximum Gasteiger partial charge on any atom is 0.327 e. The lowest BCUT2D eigenvalue weighted by Crippen LogP contribution is -2.66. The minimum Gasteiger partial charge on any atom is -0.468 e. The summed E-state index contributed by atoms with van der Waals surface area (Å²) < 4.78 is 22.2. The number of rotatable bonds is 11. The Labute approximate surface area is 227 Å². The smallest absolute Gasteiger partial charge is 0.327 e. The van der Waals surface area contributed by atoms with Crippen LogP contribution in [0, 0.1) is 11.3 Å². The van der Waals surface area contributed by atoms with E-state index in [4.69, 9.17) is 18.6 Å². The molecule has 0 fully saturated rings. The largest absolute Gasteiger partial charge is 0.468 e. The van der Waals surface area contributed by atoms with Gasteiger partial charge in [-0.25, -0.2) is 0 Å². The van der Waals surface area contributed by atoms with Crippen molar-refractivity contribution in [3.05, 3.63) is 72.8 Å². The molecular formula is C30H40O7Si. The van der Waals surface area contributed by atoms with E-state index in [1.807, 2.05) is 36.4 Å². The fourth-order valence-electron chi connectivity index (χ4n) is 4.46. The normalized spacial score (nSPS) is 13.3. The Morgan fingerprint density at radius 2 is 1.26 bits per heavy atom. The van der Waals surface area contributed by atoms with Gasteiger partial charge in [-0.15, -0.1) is 0 Å². The first-order valence-corrected chi connectivity index (χ1v) is 14.6. The van der Waals surface area contributed by atoms with Gasteiger partial charge in [0, 0.05) is 0 Å². The highest BCUT2D eigenvalue weighted by molar-refractivity contribution is 6.99. The van der Waals surface area contributed by atoms with Crippen LogP contribution in [0.3, 0.4) is 0 Å². The zero-order chi connectivity index (χ0) is 28.6. The van der Waals surface area contributed by atoms with Crippen LogP contribution in [0.5, 0.6) is 0 Å². The van der Waals surface area contributed by atoms with Crippen LogP contribution in [-0.4, -0.2) is 53.2 Å². The standard InChI is InChI=1S/C30H40O7Si/c1-22(2)26(31)37-25(30(6,27(32)34-7)28(33)35-8)20-15-21-36-38(29(3,4)5,23-16-11-9-12-17-23)24-18-13-10-14-19-24/h9-20,22,25H,21H2,1-8H3/b20-15+/t25-/m0/s1. The molecule has 2 aromatic rings. The monoisotopic (exact) mass is 540 g/mol. The van der Waals surface area contributed by atoms with Gasteiger partial charge in [-0.05, 0) is 28.4 Å². The lowest BCUT2D eigenvalue weighted by molar-refractivity contribution is -0.180. The van der Waals surface area contributed by atoms with Crippen LogP contribution in [0.2, 0.25) is 5.04 Å². The van der Waals surface area contributed by atoms with E-state index < -0.39 is 43.7 Å². The molecule has 0 aromatic heterocycles. The third-order valence-electron chi connectivity index (χ3n) is 6.63. The highest BCUT2D eigenvalue weighted by Crippen LogP contribution is 2.37. The van der Waals surface area contributed by atoms with E-state index in [1.165, 1.54) is 27.2 Å². The summed E-state index contributed by atoms with van der Waals surface area (Å²) in [6, 6.07) is 20.3. The lowest BCUT2D eigenvalue weighted by atomic mass is 9.83. The van der Waals surface area contributed by atoms with Gasteiger partial charge in [0.05, 0.1) is 26.7 Å². The summed E-state index contributed by atoms with van der Waals surface area (Å²) in [5.74, 6) is -2.78. The summed E-state index contributed by atoms with van der Waals surface area (Å²) >= 11 is 0. The molecule has 7 nitrogen and oxygen atoms in total. The Balaban J connectivity index is 2.53. The molecule has 0 saturated carbocycles. The molecule has 0 aliphatic rings. The molecule has 1 atom stereocenters. The van der Waals surface area contributed by atoms with E-state index in [1.54, 1.807) is 19.9 Å². The number of hydrogen-bond donors (Lipinski definition) is 0.